The monoisotopic (exact) mass is 463 g/mol. The quantitative estimate of drug-likeness (QED) is 0.279. The molecule has 0 unspecified atom stereocenters. The second kappa shape index (κ2) is 13.6. The molecule has 1 amide bonds. The van der Waals surface area contributed by atoms with Gasteiger partial charge in [-0.05, 0) is 43.4 Å². The van der Waals surface area contributed by atoms with Gasteiger partial charge in [0.25, 0.3) is 5.91 Å². The lowest BCUT2D eigenvalue weighted by Crippen LogP contribution is -2.21. The van der Waals surface area contributed by atoms with Gasteiger partial charge in [-0.25, -0.2) is 4.98 Å². The summed E-state index contributed by atoms with van der Waals surface area (Å²) in [6.45, 7) is 5.51. The molecule has 0 aliphatic carbocycles. The molecule has 0 saturated carbocycles. The fraction of sp³-hybridized carbons (Fsp3) is 0.429. The first kappa shape index (κ1) is 25.5. The summed E-state index contributed by atoms with van der Waals surface area (Å²) >= 11 is 0. The molecule has 3 aromatic rings. The largest absolute Gasteiger partial charge is 0.493 e. The van der Waals surface area contributed by atoms with Crippen molar-refractivity contribution in [1.82, 2.24) is 9.97 Å². The molecular weight excluding hydrogens is 426 g/mol. The van der Waals surface area contributed by atoms with Gasteiger partial charge in [0.05, 0.1) is 25.5 Å². The summed E-state index contributed by atoms with van der Waals surface area (Å²) in [4.78, 5) is 19.2. The van der Waals surface area contributed by atoms with E-state index in [1.54, 1.807) is 0 Å². The number of aryl methyl sites for hydroxylation is 1. The van der Waals surface area contributed by atoms with Crippen LogP contribution in [0.1, 0.15) is 79.3 Å². The van der Waals surface area contributed by atoms with Crippen molar-refractivity contribution in [3.8, 4) is 5.75 Å². The number of ether oxygens (including phenoxy) is 2. The average Bonchev–Trinajstić information content (AvgIpc) is 3.34. The number of imidazole rings is 1. The number of hydrogen-bond donors (Lipinski definition) is 2. The van der Waals surface area contributed by atoms with Gasteiger partial charge >= 0.3 is 0 Å². The molecule has 2 aromatic carbocycles. The number of nitrogens with one attached hydrogen (secondary N) is 1. The van der Waals surface area contributed by atoms with Crippen LogP contribution in [0.2, 0.25) is 0 Å². The van der Waals surface area contributed by atoms with Crippen molar-refractivity contribution in [2.75, 3.05) is 6.61 Å². The normalized spacial score (nSPS) is 12.9. The molecule has 0 aliphatic heterocycles. The Morgan fingerprint density at radius 2 is 1.82 bits per heavy atom. The molecule has 3 N–H and O–H groups in total. The van der Waals surface area contributed by atoms with Gasteiger partial charge in [-0.15, -0.1) is 0 Å². The van der Waals surface area contributed by atoms with Crippen LogP contribution in [0.25, 0.3) is 0 Å². The topological polar surface area (TPSA) is 90.2 Å². The average molecular weight is 464 g/mol. The van der Waals surface area contributed by atoms with E-state index in [1.165, 1.54) is 31.0 Å². The molecule has 0 saturated heterocycles. The predicted octanol–water partition coefficient (Wildman–Crippen LogP) is 5.79. The number of hydrogen-bond acceptors (Lipinski definition) is 4. The first-order chi connectivity index (χ1) is 16.6. The zero-order valence-corrected chi connectivity index (χ0v) is 20.3. The van der Waals surface area contributed by atoms with E-state index in [1.807, 2.05) is 48.5 Å². The Morgan fingerprint density at radius 1 is 1.06 bits per heavy atom. The number of primary amides is 1. The van der Waals surface area contributed by atoms with E-state index in [4.69, 9.17) is 15.2 Å². The lowest BCUT2D eigenvalue weighted by atomic mass is 9.94. The lowest BCUT2D eigenvalue weighted by molar-refractivity contribution is 0.0307. The van der Waals surface area contributed by atoms with Crippen molar-refractivity contribution >= 4 is 5.91 Å². The summed E-state index contributed by atoms with van der Waals surface area (Å²) < 4.78 is 12.3. The van der Waals surface area contributed by atoms with Crippen LogP contribution in [0.4, 0.5) is 0 Å². The summed E-state index contributed by atoms with van der Waals surface area (Å²) in [6.07, 6.45) is 7.70. The molecule has 1 heterocycles. The van der Waals surface area contributed by atoms with Gasteiger partial charge in [0.1, 0.15) is 17.3 Å². The minimum atomic E-state index is -0.517. The fourth-order valence-corrected chi connectivity index (χ4v) is 4.04. The van der Waals surface area contributed by atoms with Gasteiger partial charge in [-0.2, -0.15) is 0 Å². The molecule has 0 spiro atoms. The van der Waals surface area contributed by atoms with Crippen LogP contribution in [0.15, 0.2) is 60.8 Å². The summed E-state index contributed by atoms with van der Waals surface area (Å²) in [5, 5.41) is 0. The fourth-order valence-electron chi connectivity index (χ4n) is 4.04. The molecule has 0 aliphatic rings. The predicted molar refractivity (Wildman–Crippen MR) is 135 cm³/mol. The van der Waals surface area contributed by atoms with Crippen LogP contribution in [0.3, 0.4) is 0 Å². The Hall–Kier alpha value is -3.12. The number of unbranched alkanes of at least 4 members (excludes halogenated alkanes) is 3. The van der Waals surface area contributed by atoms with Crippen LogP contribution in [-0.2, 0) is 17.8 Å². The highest BCUT2D eigenvalue weighted by Crippen LogP contribution is 2.29. The Labute approximate surface area is 202 Å². The van der Waals surface area contributed by atoms with Gasteiger partial charge in [0, 0.05) is 5.92 Å². The SMILES string of the molecule is CCCCCCOc1ccccc1CC[C@H](c1ncc(C(N)=O)[nH]1)[C@H](C)OCc1ccccc1. The van der Waals surface area contributed by atoms with Crippen LogP contribution < -0.4 is 10.5 Å². The maximum atomic E-state index is 11.6. The summed E-state index contributed by atoms with van der Waals surface area (Å²) in [5.74, 6) is 1.10. The van der Waals surface area contributed by atoms with Crippen LogP contribution in [-0.4, -0.2) is 28.6 Å². The first-order valence-corrected chi connectivity index (χ1v) is 12.3. The van der Waals surface area contributed by atoms with Gasteiger partial charge in [-0.1, -0.05) is 74.7 Å². The molecule has 182 valence electrons. The molecule has 3 rings (SSSR count). The van der Waals surface area contributed by atoms with E-state index in [0.29, 0.717) is 18.1 Å². The number of nitrogens with zero attached hydrogens (tertiary/aromatic N) is 1. The standard InChI is InChI=1S/C28H37N3O3/c1-3-4-5-11-18-33-26-15-10-9-14-23(26)16-17-24(28-30-19-25(31-28)27(29)32)21(2)34-20-22-12-7-6-8-13-22/h6-10,12-15,19,21,24H,3-5,11,16-18,20H2,1-2H3,(H2,29,32)(H,30,31)/t21-,24-/m0/s1. The van der Waals surface area contributed by atoms with Crippen LogP contribution in [0.5, 0.6) is 5.75 Å². The molecule has 34 heavy (non-hydrogen) atoms. The van der Waals surface area contributed by atoms with Crippen molar-refractivity contribution in [1.29, 1.82) is 0 Å². The third kappa shape index (κ3) is 7.73. The molecule has 2 atom stereocenters. The molecule has 0 radical (unpaired) electrons. The summed E-state index contributed by atoms with van der Waals surface area (Å²) in [7, 11) is 0. The minimum Gasteiger partial charge on any atom is -0.493 e. The maximum absolute atomic E-state index is 11.6. The highest BCUT2D eigenvalue weighted by atomic mass is 16.5. The summed E-state index contributed by atoms with van der Waals surface area (Å²) in [6, 6.07) is 18.3. The molecule has 0 fully saturated rings. The number of aromatic nitrogens is 2. The third-order valence-electron chi connectivity index (χ3n) is 6.09. The van der Waals surface area contributed by atoms with E-state index in [2.05, 4.69) is 29.9 Å². The number of amides is 1. The molecular formula is C28H37N3O3. The molecule has 0 bridgehead atoms. The smallest absolute Gasteiger partial charge is 0.266 e. The minimum absolute atomic E-state index is 0.0329. The number of carbonyl (C=O) groups excluding carboxylic acids is 1. The zero-order chi connectivity index (χ0) is 24.2. The number of nitrogens with two attached hydrogens (primary N) is 1. The van der Waals surface area contributed by atoms with Crippen molar-refractivity contribution in [2.45, 2.75) is 71.0 Å². The third-order valence-corrected chi connectivity index (χ3v) is 6.09. The molecule has 1 aromatic heterocycles. The van der Waals surface area contributed by atoms with Crippen molar-refractivity contribution in [2.24, 2.45) is 5.73 Å². The van der Waals surface area contributed by atoms with E-state index in [9.17, 15) is 4.79 Å². The number of para-hydroxylation sites is 1. The zero-order valence-electron chi connectivity index (χ0n) is 20.3. The number of aromatic amines is 1. The number of rotatable bonds is 15. The Morgan fingerprint density at radius 3 is 2.56 bits per heavy atom. The first-order valence-electron chi connectivity index (χ1n) is 12.3. The van der Waals surface area contributed by atoms with Gasteiger partial charge in [0.15, 0.2) is 0 Å². The van der Waals surface area contributed by atoms with E-state index >= 15 is 0 Å². The lowest BCUT2D eigenvalue weighted by Gasteiger charge is -2.23. The van der Waals surface area contributed by atoms with Crippen LogP contribution in [0, 0.1) is 0 Å². The van der Waals surface area contributed by atoms with E-state index in [-0.39, 0.29) is 12.0 Å². The highest BCUT2D eigenvalue weighted by molar-refractivity contribution is 5.90. The Balaban J connectivity index is 1.68. The van der Waals surface area contributed by atoms with E-state index in [0.717, 1.165) is 37.2 Å². The number of H-pyrrole nitrogens is 1. The van der Waals surface area contributed by atoms with E-state index < -0.39 is 5.91 Å². The van der Waals surface area contributed by atoms with Crippen molar-refractivity contribution in [3.63, 3.8) is 0 Å². The summed E-state index contributed by atoms with van der Waals surface area (Å²) in [5.41, 5.74) is 8.04. The van der Waals surface area contributed by atoms with Gasteiger partial charge in [0.2, 0.25) is 0 Å². The van der Waals surface area contributed by atoms with Crippen molar-refractivity contribution in [3.05, 3.63) is 83.4 Å². The van der Waals surface area contributed by atoms with Crippen LogP contribution >= 0.6 is 0 Å². The Bertz CT molecular complexity index is 1000. The Kier molecular flexibility index (Phi) is 10.2. The highest BCUT2D eigenvalue weighted by Gasteiger charge is 2.24. The molecule has 6 nitrogen and oxygen atoms in total. The number of carbonyl (C=O) groups is 1. The van der Waals surface area contributed by atoms with Gasteiger partial charge in [-0.3, -0.25) is 4.79 Å². The number of benzene rings is 2. The van der Waals surface area contributed by atoms with Crippen molar-refractivity contribution < 1.29 is 14.3 Å². The van der Waals surface area contributed by atoms with Gasteiger partial charge < -0.3 is 20.2 Å². The maximum Gasteiger partial charge on any atom is 0.266 e. The second-order valence-electron chi connectivity index (χ2n) is 8.71. The molecule has 6 heteroatoms. The second-order valence-corrected chi connectivity index (χ2v) is 8.71.